The lowest BCUT2D eigenvalue weighted by Gasteiger charge is -2.08. The number of carbonyl (C=O) groups is 1. The second-order valence-corrected chi connectivity index (χ2v) is 4.97. The molecule has 0 aliphatic heterocycles. The smallest absolute Gasteiger partial charge is 0.341 e. The summed E-state index contributed by atoms with van der Waals surface area (Å²) in [6.45, 7) is 7.09. The van der Waals surface area contributed by atoms with Gasteiger partial charge in [-0.3, -0.25) is 4.98 Å². The van der Waals surface area contributed by atoms with Crippen LogP contribution in [0, 0.1) is 27.7 Å². The van der Waals surface area contributed by atoms with E-state index in [4.69, 9.17) is 9.84 Å². The van der Waals surface area contributed by atoms with Gasteiger partial charge in [0, 0.05) is 6.20 Å². The van der Waals surface area contributed by atoms with Crippen LogP contribution in [0.2, 0.25) is 0 Å². The number of hydrogen-bond donors (Lipinski definition) is 2. The van der Waals surface area contributed by atoms with E-state index in [9.17, 15) is 9.90 Å². The maximum atomic E-state index is 10.2. The van der Waals surface area contributed by atoms with Gasteiger partial charge in [0.1, 0.15) is 11.5 Å². The van der Waals surface area contributed by atoms with Crippen LogP contribution in [-0.2, 0) is 4.79 Å². The Hall–Kier alpha value is -2.56. The van der Waals surface area contributed by atoms with E-state index in [2.05, 4.69) is 4.98 Å². The molecule has 0 spiro atoms. The van der Waals surface area contributed by atoms with Crippen molar-refractivity contribution in [1.29, 1.82) is 0 Å². The number of aromatic nitrogens is 1. The average molecular weight is 303 g/mol. The van der Waals surface area contributed by atoms with E-state index in [-0.39, 0.29) is 6.61 Å². The zero-order valence-corrected chi connectivity index (χ0v) is 13.3. The van der Waals surface area contributed by atoms with E-state index in [0.29, 0.717) is 17.2 Å². The molecule has 2 rings (SSSR count). The van der Waals surface area contributed by atoms with Crippen LogP contribution >= 0.6 is 0 Å². The summed E-state index contributed by atoms with van der Waals surface area (Å²) in [7, 11) is 0. The Morgan fingerprint density at radius 1 is 1.09 bits per heavy atom. The number of benzene rings is 1. The van der Waals surface area contributed by atoms with Crippen molar-refractivity contribution in [3.8, 4) is 11.5 Å². The highest BCUT2D eigenvalue weighted by Crippen LogP contribution is 2.20. The fraction of sp³-hybridized carbons (Fsp3) is 0.294. The Kier molecular flexibility index (Phi) is 6.38. The van der Waals surface area contributed by atoms with Gasteiger partial charge in [0.25, 0.3) is 0 Å². The molecule has 0 atom stereocenters. The average Bonchev–Trinajstić information content (AvgIpc) is 2.44. The molecule has 1 heterocycles. The summed E-state index contributed by atoms with van der Waals surface area (Å²) in [5.74, 6) is -0.00921. The molecule has 5 nitrogen and oxygen atoms in total. The van der Waals surface area contributed by atoms with Gasteiger partial charge in [0.2, 0.25) is 0 Å². The second kappa shape index (κ2) is 8.02. The predicted octanol–water partition coefficient (Wildman–Crippen LogP) is 3.17. The van der Waals surface area contributed by atoms with Gasteiger partial charge in [-0.05, 0) is 50.5 Å². The van der Waals surface area contributed by atoms with E-state index in [1.807, 2.05) is 39.0 Å². The number of aryl methyl sites for hydroxylation is 4. The lowest BCUT2D eigenvalue weighted by molar-refractivity contribution is -0.139. The maximum Gasteiger partial charge on any atom is 0.341 e. The number of carboxylic acids is 1. The van der Waals surface area contributed by atoms with Gasteiger partial charge in [-0.15, -0.1) is 0 Å². The highest BCUT2D eigenvalue weighted by molar-refractivity contribution is 5.68. The molecule has 2 N–H and O–H groups in total. The molecule has 0 amide bonds. The minimum atomic E-state index is -0.984. The first-order valence-corrected chi connectivity index (χ1v) is 6.85. The second-order valence-electron chi connectivity index (χ2n) is 4.97. The minimum Gasteiger partial charge on any atom is -0.507 e. The van der Waals surface area contributed by atoms with Crippen molar-refractivity contribution >= 4 is 5.97 Å². The Labute approximate surface area is 130 Å². The Morgan fingerprint density at radius 2 is 1.68 bits per heavy atom. The number of aliphatic carboxylic acids is 1. The fourth-order valence-corrected chi connectivity index (χ4v) is 1.84. The number of pyridine rings is 1. The molecule has 0 saturated carbocycles. The van der Waals surface area contributed by atoms with Crippen LogP contribution in [0.25, 0.3) is 0 Å². The number of aromatic hydroxyl groups is 1. The SMILES string of the molecule is Cc1cccc(C)c1O.Cc1ccnc(C)c1OCC(=O)O. The molecule has 1 aromatic heterocycles. The van der Waals surface area contributed by atoms with Crippen LogP contribution in [0.5, 0.6) is 11.5 Å². The Morgan fingerprint density at radius 3 is 2.14 bits per heavy atom. The van der Waals surface area contributed by atoms with Gasteiger partial charge in [0.15, 0.2) is 6.61 Å². The number of carboxylic acid groups (broad SMARTS) is 1. The third-order valence-electron chi connectivity index (χ3n) is 3.06. The molecular formula is C17H21NO4. The van der Waals surface area contributed by atoms with Gasteiger partial charge in [0.05, 0.1) is 5.69 Å². The molecule has 5 heteroatoms. The summed E-state index contributed by atoms with van der Waals surface area (Å²) in [5, 5.41) is 17.6. The van der Waals surface area contributed by atoms with Gasteiger partial charge in [-0.2, -0.15) is 0 Å². The molecule has 0 radical (unpaired) electrons. The quantitative estimate of drug-likeness (QED) is 0.910. The predicted molar refractivity (Wildman–Crippen MR) is 84.4 cm³/mol. The van der Waals surface area contributed by atoms with Crippen molar-refractivity contribution in [3.05, 3.63) is 52.8 Å². The fourth-order valence-electron chi connectivity index (χ4n) is 1.84. The molecule has 118 valence electrons. The Balaban J connectivity index is 0.000000235. The van der Waals surface area contributed by atoms with Crippen LogP contribution in [-0.4, -0.2) is 27.8 Å². The summed E-state index contributed by atoms with van der Waals surface area (Å²) < 4.78 is 5.07. The van der Waals surface area contributed by atoms with E-state index in [1.165, 1.54) is 0 Å². The number of rotatable bonds is 3. The largest absolute Gasteiger partial charge is 0.507 e. The van der Waals surface area contributed by atoms with Crippen molar-refractivity contribution in [3.63, 3.8) is 0 Å². The molecule has 0 unspecified atom stereocenters. The van der Waals surface area contributed by atoms with Crippen LogP contribution in [0.3, 0.4) is 0 Å². The van der Waals surface area contributed by atoms with E-state index in [1.54, 1.807) is 19.2 Å². The summed E-state index contributed by atoms with van der Waals surface area (Å²) >= 11 is 0. The van der Waals surface area contributed by atoms with Crippen LogP contribution in [0.4, 0.5) is 0 Å². The van der Waals surface area contributed by atoms with Gasteiger partial charge < -0.3 is 14.9 Å². The number of para-hydroxylation sites is 1. The summed E-state index contributed by atoms with van der Waals surface area (Å²) in [4.78, 5) is 14.2. The van der Waals surface area contributed by atoms with Gasteiger partial charge in [-0.1, -0.05) is 18.2 Å². The first kappa shape index (κ1) is 17.5. The molecule has 0 bridgehead atoms. The van der Waals surface area contributed by atoms with Crippen molar-refractivity contribution in [2.75, 3.05) is 6.61 Å². The summed E-state index contributed by atoms with van der Waals surface area (Å²) in [5.41, 5.74) is 3.49. The molecule has 1 aromatic carbocycles. The number of phenols is 1. The highest BCUT2D eigenvalue weighted by atomic mass is 16.5. The maximum absolute atomic E-state index is 10.2. The molecular weight excluding hydrogens is 282 g/mol. The highest BCUT2D eigenvalue weighted by Gasteiger charge is 2.06. The van der Waals surface area contributed by atoms with E-state index >= 15 is 0 Å². The van der Waals surface area contributed by atoms with Crippen LogP contribution in [0.15, 0.2) is 30.5 Å². The van der Waals surface area contributed by atoms with Crippen molar-refractivity contribution in [1.82, 2.24) is 4.98 Å². The lowest BCUT2D eigenvalue weighted by Crippen LogP contribution is -2.11. The van der Waals surface area contributed by atoms with Crippen molar-refractivity contribution in [2.24, 2.45) is 0 Å². The van der Waals surface area contributed by atoms with Crippen molar-refractivity contribution < 1.29 is 19.7 Å². The lowest BCUT2D eigenvalue weighted by atomic mass is 10.1. The number of phenolic OH excluding ortho intramolecular Hbond substituents is 1. The molecule has 22 heavy (non-hydrogen) atoms. The zero-order chi connectivity index (χ0) is 16.7. The molecule has 0 saturated heterocycles. The third kappa shape index (κ3) is 5.09. The number of ether oxygens (including phenoxy) is 1. The number of hydrogen-bond acceptors (Lipinski definition) is 4. The zero-order valence-electron chi connectivity index (χ0n) is 13.3. The topological polar surface area (TPSA) is 79.7 Å². The van der Waals surface area contributed by atoms with Gasteiger partial charge in [-0.25, -0.2) is 4.79 Å². The third-order valence-corrected chi connectivity index (χ3v) is 3.06. The van der Waals surface area contributed by atoms with Crippen molar-refractivity contribution in [2.45, 2.75) is 27.7 Å². The molecule has 0 fully saturated rings. The molecule has 0 aliphatic rings. The molecule has 0 aliphatic carbocycles. The summed E-state index contributed by atoms with van der Waals surface area (Å²) in [6, 6.07) is 7.50. The van der Waals surface area contributed by atoms with Gasteiger partial charge >= 0.3 is 5.97 Å². The van der Waals surface area contributed by atoms with Crippen LogP contribution < -0.4 is 4.74 Å². The standard InChI is InChI=1S/C9H11NO3.C8H10O/c1-6-3-4-10-7(2)9(6)13-5-8(11)12;1-6-4-3-5-7(2)8(6)9/h3-4H,5H2,1-2H3,(H,11,12);3-5,9H,1-2H3. The first-order valence-electron chi connectivity index (χ1n) is 6.85. The molecule has 2 aromatic rings. The minimum absolute atomic E-state index is 0.326. The first-order chi connectivity index (χ1) is 10.3. The normalized spacial score (nSPS) is 9.64. The Bertz CT molecular complexity index is 613. The van der Waals surface area contributed by atoms with E-state index in [0.717, 1.165) is 16.7 Å². The monoisotopic (exact) mass is 303 g/mol. The number of nitrogens with zero attached hydrogens (tertiary/aromatic N) is 1. The van der Waals surface area contributed by atoms with E-state index < -0.39 is 5.97 Å². The van der Waals surface area contributed by atoms with Crippen LogP contribution in [0.1, 0.15) is 22.4 Å². The summed E-state index contributed by atoms with van der Waals surface area (Å²) in [6.07, 6.45) is 1.66.